The lowest BCUT2D eigenvalue weighted by Crippen LogP contribution is -2.39. The molecule has 1 aliphatic carbocycles. The number of ether oxygens (including phenoxy) is 1. The van der Waals surface area contributed by atoms with Gasteiger partial charge in [0.1, 0.15) is 0 Å². The summed E-state index contributed by atoms with van der Waals surface area (Å²) in [7, 11) is 1.34. The van der Waals surface area contributed by atoms with Crippen LogP contribution in [0.25, 0.3) is 0 Å². The molecule has 0 aromatic heterocycles. The first kappa shape index (κ1) is 13.2. The smallest absolute Gasteiger partial charge is 0.340 e. The molecule has 4 heteroatoms. The van der Waals surface area contributed by atoms with Crippen molar-refractivity contribution in [3.8, 4) is 0 Å². The van der Waals surface area contributed by atoms with Gasteiger partial charge in [-0.3, -0.25) is 4.79 Å². The lowest BCUT2D eigenvalue weighted by molar-refractivity contribution is -0.156. The van der Waals surface area contributed by atoms with Crippen LogP contribution < -0.4 is 0 Å². The fraction of sp³-hybridized carbons (Fsp3) is 0.200. The summed E-state index contributed by atoms with van der Waals surface area (Å²) in [5.74, 6) is -1.18. The SMILES string of the molecule is COC1(C(=O)O)C=CC(C(=O)c2ccccc2)=CC1. The zero-order chi connectivity index (χ0) is 13.9. The quantitative estimate of drug-likeness (QED) is 0.841. The van der Waals surface area contributed by atoms with Crippen molar-refractivity contribution < 1.29 is 19.4 Å². The monoisotopic (exact) mass is 258 g/mol. The van der Waals surface area contributed by atoms with Gasteiger partial charge in [-0.25, -0.2) is 4.79 Å². The van der Waals surface area contributed by atoms with E-state index in [0.717, 1.165) is 0 Å². The lowest BCUT2D eigenvalue weighted by Gasteiger charge is -2.25. The maximum Gasteiger partial charge on any atom is 0.340 e. The van der Waals surface area contributed by atoms with Crippen LogP contribution in [0.2, 0.25) is 0 Å². The van der Waals surface area contributed by atoms with Crippen molar-refractivity contribution in [3.63, 3.8) is 0 Å². The lowest BCUT2D eigenvalue weighted by atomic mass is 9.89. The second-order valence-corrected chi connectivity index (χ2v) is 4.29. The zero-order valence-electron chi connectivity index (χ0n) is 10.5. The number of hydrogen-bond acceptors (Lipinski definition) is 3. The molecule has 0 spiro atoms. The molecule has 0 fully saturated rings. The molecule has 1 atom stereocenters. The van der Waals surface area contributed by atoms with Gasteiger partial charge in [0.05, 0.1) is 0 Å². The maximum atomic E-state index is 12.2. The van der Waals surface area contributed by atoms with Crippen molar-refractivity contribution in [1.82, 2.24) is 0 Å². The highest BCUT2D eigenvalue weighted by molar-refractivity contribution is 6.10. The Kier molecular flexibility index (Phi) is 3.62. The first-order valence-electron chi connectivity index (χ1n) is 5.87. The summed E-state index contributed by atoms with van der Waals surface area (Å²) in [4.78, 5) is 23.3. The van der Waals surface area contributed by atoms with Gasteiger partial charge in [-0.15, -0.1) is 0 Å². The van der Waals surface area contributed by atoms with Crippen LogP contribution in [0.3, 0.4) is 0 Å². The summed E-state index contributed by atoms with van der Waals surface area (Å²) in [6.07, 6.45) is 4.68. The van der Waals surface area contributed by atoms with Crippen molar-refractivity contribution in [2.45, 2.75) is 12.0 Å². The number of allylic oxidation sites excluding steroid dienone is 2. The molecule has 0 aliphatic heterocycles. The Balaban J connectivity index is 2.21. The van der Waals surface area contributed by atoms with Crippen LogP contribution >= 0.6 is 0 Å². The van der Waals surface area contributed by atoms with E-state index in [1.54, 1.807) is 30.3 Å². The van der Waals surface area contributed by atoms with Gasteiger partial charge in [0.2, 0.25) is 0 Å². The highest BCUT2D eigenvalue weighted by Crippen LogP contribution is 2.26. The largest absolute Gasteiger partial charge is 0.479 e. The summed E-state index contributed by atoms with van der Waals surface area (Å²) in [5.41, 5.74) is -0.292. The average molecular weight is 258 g/mol. The minimum absolute atomic E-state index is 0.119. The van der Waals surface area contributed by atoms with E-state index in [0.29, 0.717) is 11.1 Å². The summed E-state index contributed by atoms with van der Waals surface area (Å²) in [5, 5.41) is 9.14. The first-order valence-corrected chi connectivity index (χ1v) is 5.87. The topological polar surface area (TPSA) is 63.6 Å². The minimum Gasteiger partial charge on any atom is -0.479 e. The van der Waals surface area contributed by atoms with Crippen molar-refractivity contribution in [1.29, 1.82) is 0 Å². The van der Waals surface area contributed by atoms with E-state index in [1.165, 1.54) is 19.3 Å². The summed E-state index contributed by atoms with van der Waals surface area (Å²) < 4.78 is 5.03. The summed E-state index contributed by atoms with van der Waals surface area (Å²) in [6.45, 7) is 0. The number of aliphatic carboxylic acids is 1. The van der Waals surface area contributed by atoms with Crippen molar-refractivity contribution >= 4 is 11.8 Å². The number of ketones is 1. The van der Waals surface area contributed by atoms with Crippen LogP contribution in [0.4, 0.5) is 0 Å². The van der Waals surface area contributed by atoms with E-state index < -0.39 is 11.6 Å². The molecule has 1 unspecified atom stereocenters. The van der Waals surface area contributed by atoms with E-state index in [1.807, 2.05) is 6.07 Å². The molecule has 98 valence electrons. The third-order valence-electron chi connectivity index (χ3n) is 3.18. The Morgan fingerprint density at radius 2 is 1.95 bits per heavy atom. The maximum absolute atomic E-state index is 12.2. The van der Waals surface area contributed by atoms with Crippen LogP contribution in [0, 0.1) is 0 Å². The molecule has 0 saturated heterocycles. The normalized spacial score (nSPS) is 21.8. The molecule has 2 rings (SSSR count). The molecule has 0 bridgehead atoms. The fourth-order valence-corrected chi connectivity index (χ4v) is 1.94. The van der Waals surface area contributed by atoms with Crippen LogP contribution in [-0.4, -0.2) is 29.6 Å². The molecule has 0 heterocycles. The molecule has 1 N–H and O–H groups in total. The van der Waals surface area contributed by atoms with Gasteiger partial charge < -0.3 is 9.84 Å². The Morgan fingerprint density at radius 3 is 2.42 bits per heavy atom. The van der Waals surface area contributed by atoms with Gasteiger partial charge in [-0.05, 0) is 6.08 Å². The predicted molar refractivity (Wildman–Crippen MR) is 70.0 cm³/mol. The standard InChI is InChI=1S/C15H14O4/c1-19-15(14(17)18)9-7-12(8-10-15)13(16)11-5-3-2-4-6-11/h2-9H,10H2,1H3,(H,17,18). The van der Waals surface area contributed by atoms with Gasteiger partial charge in [-0.1, -0.05) is 42.5 Å². The van der Waals surface area contributed by atoms with Crippen LogP contribution in [0.5, 0.6) is 0 Å². The molecule has 1 aliphatic rings. The van der Waals surface area contributed by atoms with E-state index in [2.05, 4.69) is 0 Å². The van der Waals surface area contributed by atoms with E-state index in [-0.39, 0.29) is 12.2 Å². The molecular formula is C15H14O4. The van der Waals surface area contributed by atoms with Crippen molar-refractivity contribution in [2.75, 3.05) is 7.11 Å². The number of benzene rings is 1. The molecule has 0 saturated carbocycles. The highest BCUT2D eigenvalue weighted by atomic mass is 16.5. The van der Waals surface area contributed by atoms with Gasteiger partial charge in [0, 0.05) is 24.7 Å². The number of rotatable bonds is 4. The van der Waals surface area contributed by atoms with E-state index in [9.17, 15) is 9.59 Å². The number of carbonyl (C=O) groups excluding carboxylic acids is 1. The molecule has 19 heavy (non-hydrogen) atoms. The number of Topliss-reactive ketones (excluding diaryl/α,β-unsaturated/α-hetero) is 1. The number of carbonyl (C=O) groups is 2. The summed E-state index contributed by atoms with van der Waals surface area (Å²) in [6, 6.07) is 8.87. The van der Waals surface area contributed by atoms with Gasteiger partial charge >= 0.3 is 5.97 Å². The van der Waals surface area contributed by atoms with E-state index >= 15 is 0 Å². The first-order chi connectivity index (χ1) is 9.09. The molecule has 1 aromatic rings. The van der Waals surface area contributed by atoms with Crippen LogP contribution in [0.1, 0.15) is 16.8 Å². The number of carboxylic acids is 1. The molecule has 1 aromatic carbocycles. The minimum atomic E-state index is -1.36. The van der Waals surface area contributed by atoms with Crippen LogP contribution in [0.15, 0.2) is 54.1 Å². The number of methoxy groups -OCH3 is 1. The van der Waals surface area contributed by atoms with E-state index in [4.69, 9.17) is 9.84 Å². The highest BCUT2D eigenvalue weighted by Gasteiger charge is 2.37. The fourth-order valence-electron chi connectivity index (χ4n) is 1.94. The van der Waals surface area contributed by atoms with Crippen molar-refractivity contribution in [3.05, 3.63) is 59.7 Å². The van der Waals surface area contributed by atoms with Gasteiger partial charge in [0.25, 0.3) is 0 Å². The van der Waals surface area contributed by atoms with Gasteiger partial charge in [-0.2, -0.15) is 0 Å². The summed E-state index contributed by atoms with van der Waals surface area (Å²) >= 11 is 0. The van der Waals surface area contributed by atoms with Crippen LogP contribution in [-0.2, 0) is 9.53 Å². The molecule has 4 nitrogen and oxygen atoms in total. The Morgan fingerprint density at radius 1 is 1.26 bits per heavy atom. The molecule has 0 amide bonds. The van der Waals surface area contributed by atoms with Crippen molar-refractivity contribution in [2.24, 2.45) is 0 Å². The Labute approximate surface area is 111 Å². The number of carboxylic acid groups (broad SMARTS) is 1. The van der Waals surface area contributed by atoms with Gasteiger partial charge in [0.15, 0.2) is 11.4 Å². The molecular weight excluding hydrogens is 244 g/mol. The number of hydrogen-bond donors (Lipinski definition) is 1. The Hall–Kier alpha value is -2.20. The second-order valence-electron chi connectivity index (χ2n) is 4.29. The predicted octanol–water partition coefficient (Wildman–Crippen LogP) is 2.23. The second kappa shape index (κ2) is 5.20. The third-order valence-corrected chi connectivity index (χ3v) is 3.18. The average Bonchev–Trinajstić information content (AvgIpc) is 2.47. The molecule has 0 radical (unpaired) electrons. The third kappa shape index (κ3) is 2.48. The Bertz CT molecular complexity index is 557. The zero-order valence-corrected chi connectivity index (χ0v) is 10.5.